The minimum atomic E-state index is -1.11. The molecule has 1 amide bonds. The normalized spacial score (nSPS) is 26.2. The number of carboxylic acids is 1. The molecule has 0 aromatic rings. The second-order valence-electron chi connectivity index (χ2n) is 4.24. The van der Waals surface area contributed by atoms with E-state index in [4.69, 9.17) is 15.2 Å². The minimum Gasteiger partial charge on any atom is -0.477 e. The van der Waals surface area contributed by atoms with Gasteiger partial charge in [-0.2, -0.15) is 0 Å². The number of ether oxygens (including phenoxy) is 2. The number of amides is 1. The molecule has 0 aromatic carbocycles. The Morgan fingerprint density at radius 3 is 2.95 bits per heavy atom. The van der Waals surface area contributed by atoms with Crippen LogP contribution in [0, 0.1) is 0 Å². The lowest BCUT2D eigenvalue weighted by Crippen LogP contribution is -2.68. The van der Waals surface area contributed by atoms with Crippen molar-refractivity contribution in [2.75, 3.05) is 32.7 Å². The molecule has 2 rings (SSSR count). The fourth-order valence-electron chi connectivity index (χ4n) is 2.03. The summed E-state index contributed by atoms with van der Waals surface area (Å²) in [5, 5.41) is 8.99. The summed E-state index contributed by atoms with van der Waals surface area (Å²) in [5.74, 6) is -0.948. The number of aliphatic carboxylic acids is 1. The maximum atomic E-state index is 11.7. The third kappa shape index (κ3) is 2.62. The van der Waals surface area contributed by atoms with Gasteiger partial charge in [0, 0.05) is 12.9 Å². The van der Waals surface area contributed by atoms with Gasteiger partial charge in [-0.25, -0.2) is 4.79 Å². The molecule has 0 aromatic heterocycles. The number of carboxylic acid groups (broad SMARTS) is 1. The number of β-lactam (4-membered cyclic amide) rings is 1. The number of carbonyl (C=O) groups excluding carboxylic acids is 1. The SMILES string of the molecule is COCCOCC1=C(C(=O)O)N2C(=O)C(N)[C@@H]2SC1. The first-order valence-electron chi connectivity index (χ1n) is 5.80. The molecular weight excluding hydrogens is 272 g/mol. The molecule has 0 spiro atoms. The van der Waals surface area contributed by atoms with Crippen molar-refractivity contribution < 1.29 is 24.2 Å². The highest BCUT2D eigenvalue weighted by molar-refractivity contribution is 8.00. The number of nitrogens with zero attached hydrogens (tertiary/aromatic N) is 1. The highest BCUT2D eigenvalue weighted by Gasteiger charge is 2.51. The van der Waals surface area contributed by atoms with E-state index in [1.165, 1.54) is 16.7 Å². The molecule has 7 nitrogen and oxygen atoms in total. The zero-order valence-corrected chi connectivity index (χ0v) is 11.3. The summed E-state index contributed by atoms with van der Waals surface area (Å²) in [5.41, 5.74) is 6.27. The Bertz CT molecular complexity index is 425. The molecule has 3 N–H and O–H groups in total. The maximum absolute atomic E-state index is 11.7. The van der Waals surface area contributed by atoms with Crippen LogP contribution >= 0.6 is 11.8 Å². The molecular formula is C11H16N2O5S. The van der Waals surface area contributed by atoms with E-state index in [9.17, 15) is 14.7 Å². The molecule has 2 atom stereocenters. The van der Waals surface area contributed by atoms with Gasteiger partial charge in [-0.3, -0.25) is 9.69 Å². The summed E-state index contributed by atoms with van der Waals surface area (Å²) in [6.07, 6.45) is 0. The first-order chi connectivity index (χ1) is 9.07. The molecule has 1 unspecified atom stereocenters. The van der Waals surface area contributed by atoms with Gasteiger partial charge in [0.1, 0.15) is 17.1 Å². The molecule has 0 saturated carbocycles. The van der Waals surface area contributed by atoms with Crippen LogP contribution < -0.4 is 5.73 Å². The average Bonchev–Trinajstić information content (AvgIpc) is 2.41. The smallest absolute Gasteiger partial charge is 0.352 e. The third-order valence-electron chi connectivity index (χ3n) is 3.00. The van der Waals surface area contributed by atoms with Crippen LogP contribution in [-0.2, 0) is 19.1 Å². The van der Waals surface area contributed by atoms with Gasteiger partial charge in [0.05, 0.1) is 19.8 Å². The molecule has 0 aliphatic carbocycles. The van der Waals surface area contributed by atoms with E-state index in [0.717, 1.165) is 0 Å². The number of thioether (sulfide) groups is 1. The van der Waals surface area contributed by atoms with Crippen molar-refractivity contribution in [3.05, 3.63) is 11.3 Å². The van der Waals surface area contributed by atoms with Gasteiger partial charge in [0.2, 0.25) is 5.91 Å². The zero-order valence-electron chi connectivity index (χ0n) is 10.5. The molecule has 1 saturated heterocycles. The molecule has 0 bridgehead atoms. The van der Waals surface area contributed by atoms with E-state index in [0.29, 0.717) is 24.5 Å². The number of rotatable bonds is 6. The topological polar surface area (TPSA) is 102 Å². The van der Waals surface area contributed by atoms with E-state index in [1.807, 2.05) is 0 Å². The summed E-state index contributed by atoms with van der Waals surface area (Å²) < 4.78 is 10.2. The first-order valence-corrected chi connectivity index (χ1v) is 6.85. The predicted octanol–water partition coefficient (Wildman–Crippen LogP) is -0.769. The van der Waals surface area contributed by atoms with E-state index in [1.54, 1.807) is 7.11 Å². The Kier molecular flexibility index (Phi) is 4.46. The second-order valence-corrected chi connectivity index (χ2v) is 5.34. The minimum absolute atomic E-state index is 0.0212. The highest BCUT2D eigenvalue weighted by Crippen LogP contribution is 2.39. The summed E-state index contributed by atoms with van der Waals surface area (Å²) in [7, 11) is 1.56. The van der Waals surface area contributed by atoms with Crippen molar-refractivity contribution in [2.45, 2.75) is 11.4 Å². The van der Waals surface area contributed by atoms with Gasteiger partial charge in [0.15, 0.2) is 0 Å². The molecule has 0 radical (unpaired) electrons. The standard InChI is InChI=1S/C11H16N2O5S/c1-17-2-3-18-4-6-5-19-10-7(12)9(14)13(10)8(6)11(15)16/h7,10H,2-5,12H2,1H3,(H,15,16)/t7?,10-/m0/s1. The summed E-state index contributed by atoms with van der Waals surface area (Å²) in [6, 6.07) is -0.602. The van der Waals surface area contributed by atoms with Crippen LogP contribution in [0.5, 0.6) is 0 Å². The van der Waals surface area contributed by atoms with Crippen molar-refractivity contribution in [3.8, 4) is 0 Å². The molecule has 2 aliphatic heterocycles. The quantitative estimate of drug-likeness (QED) is 0.489. The molecule has 106 valence electrons. The fraction of sp³-hybridized carbons (Fsp3) is 0.636. The third-order valence-corrected chi connectivity index (χ3v) is 4.36. The summed E-state index contributed by atoms with van der Waals surface area (Å²) in [4.78, 5) is 24.2. The van der Waals surface area contributed by atoms with Crippen LogP contribution in [0.25, 0.3) is 0 Å². The van der Waals surface area contributed by atoms with Crippen molar-refractivity contribution in [1.82, 2.24) is 4.90 Å². The van der Waals surface area contributed by atoms with Crippen LogP contribution in [0.15, 0.2) is 11.3 Å². The van der Waals surface area contributed by atoms with Gasteiger partial charge in [0.25, 0.3) is 0 Å². The number of fused-ring (bicyclic) bond motifs is 1. The van der Waals surface area contributed by atoms with Crippen LogP contribution in [0.3, 0.4) is 0 Å². The van der Waals surface area contributed by atoms with Gasteiger partial charge in [-0.05, 0) is 5.57 Å². The van der Waals surface area contributed by atoms with E-state index >= 15 is 0 Å². The molecule has 8 heteroatoms. The lowest BCUT2D eigenvalue weighted by molar-refractivity contribution is -0.148. The van der Waals surface area contributed by atoms with Crippen LogP contribution in [0.4, 0.5) is 0 Å². The van der Waals surface area contributed by atoms with Crippen molar-refractivity contribution in [3.63, 3.8) is 0 Å². The molecule has 2 heterocycles. The van der Waals surface area contributed by atoms with Gasteiger partial charge >= 0.3 is 5.97 Å². The predicted molar refractivity (Wildman–Crippen MR) is 68.4 cm³/mol. The van der Waals surface area contributed by atoms with Crippen molar-refractivity contribution >= 4 is 23.6 Å². The van der Waals surface area contributed by atoms with Gasteiger partial charge in [-0.15, -0.1) is 11.8 Å². The highest BCUT2D eigenvalue weighted by atomic mass is 32.2. The number of nitrogens with two attached hydrogens (primary N) is 1. The fourth-order valence-corrected chi connectivity index (χ4v) is 3.30. The Labute approximate surface area is 114 Å². The number of carbonyl (C=O) groups is 2. The Morgan fingerprint density at radius 1 is 1.58 bits per heavy atom. The largest absolute Gasteiger partial charge is 0.477 e. The summed E-state index contributed by atoms with van der Waals surface area (Å²) in [6.45, 7) is 1.01. The maximum Gasteiger partial charge on any atom is 0.352 e. The van der Waals surface area contributed by atoms with Gasteiger partial charge < -0.3 is 20.3 Å². The van der Waals surface area contributed by atoms with Gasteiger partial charge in [-0.1, -0.05) is 0 Å². The lowest BCUT2D eigenvalue weighted by atomic mass is 10.0. The van der Waals surface area contributed by atoms with Crippen molar-refractivity contribution in [1.29, 1.82) is 0 Å². The lowest BCUT2D eigenvalue weighted by Gasteiger charge is -2.47. The summed E-state index contributed by atoms with van der Waals surface area (Å²) >= 11 is 1.47. The Balaban J connectivity index is 2.09. The van der Waals surface area contributed by atoms with Crippen LogP contribution in [0.1, 0.15) is 0 Å². The van der Waals surface area contributed by atoms with Crippen LogP contribution in [0.2, 0.25) is 0 Å². The van der Waals surface area contributed by atoms with Crippen LogP contribution in [-0.4, -0.2) is 66.0 Å². The zero-order chi connectivity index (χ0) is 14.0. The average molecular weight is 288 g/mol. The monoisotopic (exact) mass is 288 g/mol. The van der Waals surface area contributed by atoms with E-state index < -0.39 is 12.0 Å². The molecule has 2 aliphatic rings. The van der Waals surface area contributed by atoms with Crippen molar-refractivity contribution in [2.24, 2.45) is 5.73 Å². The number of hydrogen-bond acceptors (Lipinski definition) is 6. The Morgan fingerprint density at radius 2 is 2.32 bits per heavy atom. The number of methoxy groups -OCH3 is 1. The van der Waals surface area contributed by atoms with E-state index in [-0.39, 0.29) is 23.6 Å². The molecule has 1 fully saturated rings. The Hall–Kier alpha value is -1.09. The first kappa shape index (κ1) is 14.3. The second kappa shape index (κ2) is 5.91. The van der Waals surface area contributed by atoms with E-state index in [2.05, 4.69) is 0 Å². The molecule has 19 heavy (non-hydrogen) atoms. The number of hydrogen-bond donors (Lipinski definition) is 2.